The summed E-state index contributed by atoms with van der Waals surface area (Å²) in [7, 11) is 0. The van der Waals surface area contributed by atoms with Gasteiger partial charge in [-0.15, -0.1) is 23.2 Å². The number of alkyl halides is 2. The highest BCUT2D eigenvalue weighted by Crippen LogP contribution is 1.68. The summed E-state index contributed by atoms with van der Waals surface area (Å²) in [4.78, 5) is 18.5. The summed E-state index contributed by atoms with van der Waals surface area (Å²) in [6.45, 7) is 0.188. The standard InChI is InChI=1S/C3H8O2.2C2H3ClO2/c4-2-1-3-5;2*3-1-2(4)5/h4-5H,1-3H2;2*1H2,(H,4,5). The number of hydrogen-bond acceptors (Lipinski definition) is 4. The van der Waals surface area contributed by atoms with Gasteiger partial charge in [-0.05, 0) is 6.42 Å². The molecule has 0 aliphatic heterocycles. The molecule has 4 N–H and O–H groups in total. The van der Waals surface area contributed by atoms with Crippen LogP contribution < -0.4 is 0 Å². The molecule has 0 saturated heterocycles. The molecule has 92 valence electrons. The number of hydrogen-bond donors (Lipinski definition) is 4. The monoisotopic (exact) mass is 264 g/mol. The van der Waals surface area contributed by atoms with Gasteiger partial charge in [-0.1, -0.05) is 0 Å². The zero-order valence-electron chi connectivity index (χ0n) is 7.90. The summed E-state index contributed by atoms with van der Waals surface area (Å²) in [6, 6.07) is 0. The van der Waals surface area contributed by atoms with Crippen LogP contribution in [0.1, 0.15) is 6.42 Å². The highest BCUT2D eigenvalue weighted by molar-refractivity contribution is 6.26. The SMILES string of the molecule is O=C(O)CCl.O=C(O)CCl.OCCCO. The first-order valence-electron chi connectivity index (χ1n) is 3.73. The van der Waals surface area contributed by atoms with Gasteiger partial charge in [0.05, 0.1) is 0 Å². The fourth-order valence-electron chi connectivity index (χ4n) is 0.0707. The first kappa shape index (κ1) is 19.9. The van der Waals surface area contributed by atoms with Gasteiger partial charge in [0.25, 0.3) is 0 Å². The van der Waals surface area contributed by atoms with Crippen molar-refractivity contribution in [1.82, 2.24) is 0 Å². The van der Waals surface area contributed by atoms with Gasteiger partial charge in [0.15, 0.2) is 0 Å². The molecule has 8 heteroatoms. The maximum atomic E-state index is 9.24. The number of carboxylic acids is 2. The highest BCUT2D eigenvalue weighted by atomic mass is 35.5. The summed E-state index contributed by atoms with van der Waals surface area (Å²) in [5.41, 5.74) is 0. The number of aliphatic hydroxyl groups is 2. The van der Waals surface area contributed by atoms with Crippen molar-refractivity contribution in [3.8, 4) is 0 Å². The Kier molecular flexibility index (Phi) is 25.4. The lowest BCUT2D eigenvalue weighted by Gasteiger charge is -1.79. The van der Waals surface area contributed by atoms with Crippen LogP contribution >= 0.6 is 23.2 Å². The van der Waals surface area contributed by atoms with Crippen molar-refractivity contribution in [1.29, 1.82) is 0 Å². The molecule has 0 radical (unpaired) electrons. The maximum absolute atomic E-state index is 9.24. The van der Waals surface area contributed by atoms with E-state index in [1.807, 2.05) is 0 Å². The molecule has 0 aromatic rings. The van der Waals surface area contributed by atoms with Crippen LogP contribution in [-0.4, -0.2) is 57.3 Å². The fraction of sp³-hybridized carbons (Fsp3) is 0.714. The molecule has 0 aliphatic carbocycles. The van der Waals surface area contributed by atoms with Crippen molar-refractivity contribution >= 4 is 35.1 Å². The number of aliphatic carboxylic acids is 2. The predicted octanol–water partition coefficient (Wildman–Crippen LogP) is -0.0193. The minimum atomic E-state index is -0.980. The van der Waals surface area contributed by atoms with Crippen LogP contribution in [0, 0.1) is 0 Å². The van der Waals surface area contributed by atoms with E-state index in [9.17, 15) is 9.59 Å². The second kappa shape index (κ2) is 19.1. The summed E-state index contributed by atoms with van der Waals surface area (Å²) in [5, 5.41) is 31.0. The van der Waals surface area contributed by atoms with Crippen LogP contribution in [0.2, 0.25) is 0 Å². The second-order valence-corrected chi connectivity index (χ2v) is 2.39. The van der Waals surface area contributed by atoms with Crippen LogP contribution in [0.25, 0.3) is 0 Å². The molecule has 0 rings (SSSR count). The van der Waals surface area contributed by atoms with Crippen LogP contribution in [0.5, 0.6) is 0 Å². The largest absolute Gasteiger partial charge is 0.480 e. The third-order valence-corrected chi connectivity index (χ3v) is 1.00. The van der Waals surface area contributed by atoms with Crippen LogP contribution in [0.4, 0.5) is 0 Å². The molecule has 15 heavy (non-hydrogen) atoms. The first-order chi connectivity index (χ1) is 6.95. The number of carboxylic acid groups (broad SMARTS) is 2. The van der Waals surface area contributed by atoms with E-state index >= 15 is 0 Å². The lowest BCUT2D eigenvalue weighted by molar-refractivity contribution is -0.135. The molecule has 0 heterocycles. The van der Waals surface area contributed by atoms with E-state index in [1.54, 1.807) is 0 Å². The molecule has 0 saturated carbocycles. The first-order valence-corrected chi connectivity index (χ1v) is 4.80. The Labute approximate surface area is 97.0 Å². The summed E-state index contributed by atoms with van der Waals surface area (Å²) >= 11 is 9.47. The lowest BCUT2D eigenvalue weighted by atomic mass is 10.5. The molecule has 6 nitrogen and oxygen atoms in total. The minimum Gasteiger partial charge on any atom is -0.480 e. The fourth-order valence-corrected chi connectivity index (χ4v) is 0.0707. The third-order valence-electron chi connectivity index (χ3n) is 0.545. The molecule has 0 aliphatic rings. The van der Waals surface area contributed by atoms with E-state index in [2.05, 4.69) is 0 Å². The van der Waals surface area contributed by atoms with Crippen molar-refractivity contribution < 1.29 is 30.0 Å². The van der Waals surface area contributed by atoms with Crippen LogP contribution in [0.3, 0.4) is 0 Å². The van der Waals surface area contributed by atoms with Crippen molar-refractivity contribution in [2.75, 3.05) is 25.0 Å². The van der Waals surface area contributed by atoms with Gasteiger partial charge in [0.2, 0.25) is 0 Å². The third kappa shape index (κ3) is 59.4. The number of rotatable bonds is 4. The number of halogens is 2. The molecule has 0 unspecified atom stereocenters. The molecule has 0 bridgehead atoms. The zero-order chi connectivity index (χ0) is 12.7. The molecule has 0 spiro atoms. The average molecular weight is 265 g/mol. The Morgan fingerprint density at radius 1 is 0.867 bits per heavy atom. The summed E-state index contributed by atoms with van der Waals surface area (Å²) in [5.74, 6) is -2.57. The number of aliphatic hydroxyl groups excluding tert-OH is 2. The Morgan fingerprint density at radius 2 is 1.07 bits per heavy atom. The normalized spacial score (nSPS) is 7.73. The Bertz CT molecular complexity index is 136. The van der Waals surface area contributed by atoms with Crippen molar-refractivity contribution in [3.05, 3.63) is 0 Å². The molecule has 0 atom stereocenters. The molecule has 0 aromatic carbocycles. The molecular weight excluding hydrogens is 251 g/mol. The van der Waals surface area contributed by atoms with Crippen molar-refractivity contribution in [3.63, 3.8) is 0 Å². The van der Waals surface area contributed by atoms with E-state index in [1.165, 1.54) is 0 Å². The van der Waals surface area contributed by atoms with Gasteiger partial charge >= 0.3 is 11.9 Å². The topological polar surface area (TPSA) is 115 Å². The van der Waals surface area contributed by atoms with E-state index in [0.717, 1.165) is 0 Å². The smallest absolute Gasteiger partial charge is 0.318 e. The van der Waals surface area contributed by atoms with E-state index in [-0.39, 0.29) is 25.0 Å². The molecule has 0 fully saturated rings. The van der Waals surface area contributed by atoms with Gasteiger partial charge < -0.3 is 20.4 Å². The predicted molar refractivity (Wildman–Crippen MR) is 55.5 cm³/mol. The Morgan fingerprint density at radius 3 is 1.07 bits per heavy atom. The van der Waals surface area contributed by atoms with Gasteiger partial charge in [-0.2, -0.15) is 0 Å². The zero-order valence-corrected chi connectivity index (χ0v) is 9.41. The highest BCUT2D eigenvalue weighted by Gasteiger charge is 1.83. The van der Waals surface area contributed by atoms with Gasteiger partial charge in [-0.3, -0.25) is 9.59 Å². The van der Waals surface area contributed by atoms with E-state index in [4.69, 9.17) is 43.6 Å². The molecule has 0 aromatic heterocycles. The van der Waals surface area contributed by atoms with Crippen molar-refractivity contribution in [2.24, 2.45) is 0 Å². The summed E-state index contributed by atoms with van der Waals surface area (Å²) < 4.78 is 0. The van der Waals surface area contributed by atoms with Crippen molar-refractivity contribution in [2.45, 2.75) is 6.42 Å². The Balaban J connectivity index is -0.000000144. The maximum Gasteiger partial charge on any atom is 0.318 e. The quantitative estimate of drug-likeness (QED) is 0.531. The van der Waals surface area contributed by atoms with Gasteiger partial charge in [0.1, 0.15) is 11.8 Å². The lowest BCUT2D eigenvalue weighted by Crippen LogP contribution is -1.92. The van der Waals surface area contributed by atoms with Gasteiger partial charge in [-0.25, -0.2) is 0 Å². The van der Waals surface area contributed by atoms with Crippen LogP contribution in [-0.2, 0) is 9.59 Å². The molecular formula is C7H14Cl2O6. The van der Waals surface area contributed by atoms with E-state index < -0.39 is 11.9 Å². The average Bonchev–Trinajstić information content (AvgIpc) is 2.20. The number of carbonyl (C=O) groups is 2. The minimum absolute atomic E-state index is 0.0938. The van der Waals surface area contributed by atoms with E-state index in [0.29, 0.717) is 6.42 Å². The summed E-state index contributed by atoms with van der Waals surface area (Å²) in [6.07, 6.45) is 0.500. The molecule has 0 amide bonds. The van der Waals surface area contributed by atoms with Gasteiger partial charge in [0, 0.05) is 13.2 Å². The second-order valence-electron chi connectivity index (χ2n) is 1.86. The van der Waals surface area contributed by atoms with Crippen LogP contribution in [0.15, 0.2) is 0 Å². The Hall–Kier alpha value is -0.560.